The van der Waals surface area contributed by atoms with Gasteiger partial charge in [0.15, 0.2) is 0 Å². The lowest BCUT2D eigenvalue weighted by molar-refractivity contribution is -0.0112. The second-order valence-electron chi connectivity index (χ2n) is 5.76. The van der Waals surface area contributed by atoms with Crippen LogP contribution in [0.3, 0.4) is 0 Å². The Hall–Kier alpha value is -0.120. The largest absolute Gasteiger partial charge is 0.381 e. The van der Waals surface area contributed by atoms with Crippen LogP contribution in [0.1, 0.15) is 45.4 Å². The van der Waals surface area contributed by atoms with E-state index >= 15 is 0 Å². The third-order valence-corrected chi connectivity index (χ3v) is 4.65. The number of ether oxygens (including phenoxy) is 1. The summed E-state index contributed by atoms with van der Waals surface area (Å²) in [5, 5.41) is 0. The summed E-state index contributed by atoms with van der Waals surface area (Å²) in [4.78, 5) is 2.67. The number of piperidine rings is 1. The number of hydrogen-bond donors (Lipinski definition) is 1. The van der Waals surface area contributed by atoms with Gasteiger partial charge < -0.3 is 10.5 Å². The Kier molecular flexibility index (Phi) is 3.88. The molecule has 1 aliphatic heterocycles. The molecule has 0 amide bonds. The van der Waals surface area contributed by atoms with E-state index in [-0.39, 0.29) is 0 Å². The zero-order chi connectivity index (χ0) is 11.6. The number of hydrogen-bond acceptors (Lipinski definition) is 3. The van der Waals surface area contributed by atoms with Crippen LogP contribution in [0.25, 0.3) is 0 Å². The van der Waals surface area contributed by atoms with E-state index in [1.165, 1.54) is 51.6 Å². The first-order valence-corrected chi connectivity index (χ1v) is 6.67. The van der Waals surface area contributed by atoms with Crippen molar-refractivity contribution in [3.05, 3.63) is 0 Å². The molecule has 1 aliphatic carbocycles. The van der Waals surface area contributed by atoms with Crippen molar-refractivity contribution in [2.24, 2.45) is 5.73 Å². The van der Waals surface area contributed by atoms with Gasteiger partial charge in [-0.2, -0.15) is 0 Å². The third-order valence-electron chi connectivity index (χ3n) is 4.65. The molecule has 0 unspecified atom stereocenters. The van der Waals surface area contributed by atoms with Crippen molar-refractivity contribution >= 4 is 0 Å². The van der Waals surface area contributed by atoms with Gasteiger partial charge in [0.05, 0.1) is 6.10 Å². The Bertz CT molecular complexity index is 216. The molecule has 0 spiro atoms. The SMILES string of the molecule is CO[C@H]1CC[C@](C)(N2CCC(N)CC2)CC1. The minimum Gasteiger partial charge on any atom is -0.381 e. The molecule has 3 heteroatoms. The molecule has 0 atom stereocenters. The molecule has 2 rings (SSSR count). The molecule has 2 N–H and O–H groups in total. The second kappa shape index (κ2) is 5.03. The van der Waals surface area contributed by atoms with Crippen molar-refractivity contribution in [2.45, 2.75) is 63.1 Å². The van der Waals surface area contributed by atoms with Crippen LogP contribution >= 0.6 is 0 Å². The van der Waals surface area contributed by atoms with Crippen molar-refractivity contribution in [2.75, 3.05) is 20.2 Å². The normalized spacial score (nSPS) is 38.8. The van der Waals surface area contributed by atoms with Gasteiger partial charge in [0, 0.05) is 31.8 Å². The molecule has 2 fully saturated rings. The fourth-order valence-corrected chi connectivity index (χ4v) is 3.20. The average Bonchev–Trinajstić information content (AvgIpc) is 2.31. The average molecular weight is 226 g/mol. The first kappa shape index (κ1) is 12.3. The van der Waals surface area contributed by atoms with Crippen molar-refractivity contribution in [3.63, 3.8) is 0 Å². The maximum atomic E-state index is 5.97. The third kappa shape index (κ3) is 2.58. The molecule has 94 valence electrons. The molecule has 1 saturated carbocycles. The van der Waals surface area contributed by atoms with Crippen molar-refractivity contribution in [1.29, 1.82) is 0 Å². The predicted octanol–water partition coefficient (Wildman–Crippen LogP) is 1.76. The van der Waals surface area contributed by atoms with Crippen LogP contribution in [0.2, 0.25) is 0 Å². The quantitative estimate of drug-likeness (QED) is 0.779. The molecule has 2 aliphatic rings. The zero-order valence-corrected chi connectivity index (χ0v) is 10.7. The van der Waals surface area contributed by atoms with Crippen molar-refractivity contribution in [1.82, 2.24) is 4.90 Å². The zero-order valence-electron chi connectivity index (χ0n) is 10.7. The van der Waals surface area contributed by atoms with Gasteiger partial charge in [-0.15, -0.1) is 0 Å². The highest BCUT2D eigenvalue weighted by atomic mass is 16.5. The van der Waals surface area contributed by atoms with E-state index in [4.69, 9.17) is 10.5 Å². The topological polar surface area (TPSA) is 38.5 Å². The fourth-order valence-electron chi connectivity index (χ4n) is 3.20. The van der Waals surface area contributed by atoms with Crippen LogP contribution in [0.5, 0.6) is 0 Å². The predicted molar refractivity (Wildman–Crippen MR) is 66.5 cm³/mol. The Morgan fingerprint density at radius 2 is 1.69 bits per heavy atom. The minimum absolute atomic E-state index is 0.412. The highest BCUT2D eigenvalue weighted by molar-refractivity contribution is 4.93. The Morgan fingerprint density at radius 1 is 1.12 bits per heavy atom. The summed E-state index contributed by atoms with van der Waals surface area (Å²) < 4.78 is 5.45. The summed E-state index contributed by atoms with van der Waals surface area (Å²) in [6, 6.07) is 0.440. The summed E-state index contributed by atoms with van der Waals surface area (Å²) in [6.07, 6.45) is 7.83. The number of rotatable bonds is 2. The van der Waals surface area contributed by atoms with E-state index in [2.05, 4.69) is 11.8 Å². The summed E-state index contributed by atoms with van der Waals surface area (Å²) in [7, 11) is 1.84. The summed E-state index contributed by atoms with van der Waals surface area (Å²) >= 11 is 0. The van der Waals surface area contributed by atoms with E-state index in [1.54, 1.807) is 0 Å². The van der Waals surface area contributed by atoms with E-state index in [0.717, 1.165) is 0 Å². The van der Waals surface area contributed by atoms with Gasteiger partial charge in [-0.3, -0.25) is 4.90 Å². The maximum absolute atomic E-state index is 5.97. The van der Waals surface area contributed by atoms with E-state index in [0.29, 0.717) is 17.7 Å². The minimum atomic E-state index is 0.412. The molecule has 0 bridgehead atoms. The molecular weight excluding hydrogens is 200 g/mol. The second-order valence-corrected chi connectivity index (χ2v) is 5.76. The van der Waals surface area contributed by atoms with Crippen LogP contribution < -0.4 is 5.73 Å². The summed E-state index contributed by atoms with van der Waals surface area (Å²) in [5.74, 6) is 0. The lowest BCUT2D eigenvalue weighted by atomic mass is 9.79. The lowest BCUT2D eigenvalue weighted by Gasteiger charge is -2.48. The highest BCUT2D eigenvalue weighted by Crippen LogP contribution is 2.35. The van der Waals surface area contributed by atoms with Crippen LogP contribution in [0.4, 0.5) is 0 Å². The Morgan fingerprint density at radius 3 is 2.19 bits per heavy atom. The van der Waals surface area contributed by atoms with E-state index in [9.17, 15) is 0 Å². The Balaban J connectivity index is 1.88. The van der Waals surface area contributed by atoms with Crippen LogP contribution in [-0.2, 0) is 4.74 Å². The van der Waals surface area contributed by atoms with Gasteiger partial charge in [-0.05, 0) is 45.4 Å². The lowest BCUT2D eigenvalue weighted by Crippen LogP contribution is -2.54. The van der Waals surface area contributed by atoms with E-state index < -0.39 is 0 Å². The number of likely N-dealkylation sites (tertiary alicyclic amines) is 1. The van der Waals surface area contributed by atoms with Gasteiger partial charge in [-0.1, -0.05) is 0 Å². The van der Waals surface area contributed by atoms with Crippen LogP contribution in [0, 0.1) is 0 Å². The maximum Gasteiger partial charge on any atom is 0.0572 e. The molecule has 1 heterocycles. The van der Waals surface area contributed by atoms with Gasteiger partial charge in [0.2, 0.25) is 0 Å². The Labute approximate surface area is 99.3 Å². The van der Waals surface area contributed by atoms with Crippen LogP contribution in [0.15, 0.2) is 0 Å². The summed E-state index contributed by atoms with van der Waals surface area (Å²) in [5.41, 5.74) is 6.38. The van der Waals surface area contributed by atoms with Crippen molar-refractivity contribution in [3.8, 4) is 0 Å². The van der Waals surface area contributed by atoms with Gasteiger partial charge >= 0.3 is 0 Å². The molecule has 1 saturated heterocycles. The number of methoxy groups -OCH3 is 1. The molecular formula is C13H26N2O. The fraction of sp³-hybridized carbons (Fsp3) is 1.00. The molecule has 3 nitrogen and oxygen atoms in total. The molecule has 0 radical (unpaired) electrons. The first-order valence-electron chi connectivity index (χ1n) is 6.67. The van der Waals surface area contributed by atoms with Gasteiger partial charge in [-0.25, -0.2) is 0 Å². The molecule has 0 aromatic rings. The molecule has 16 heavy (non-hydrogen) atoms. The van der Waals surface area contributed by atoms with Gasteiger partial charge in [0.25, 0.3) is 0 Å². The van der Waals surface area contributed by atoms with Crippen molar-refractivity contribution < 1.29 is 4.74 Å². The number of nitrogens with two attached hydrogens (primary N) is 1. The first-order chi connectivity index (χ1) is 7.64. The van der Waals surface area contributed by atoms with Gasteiger partial charge in [0.1, 0.15) is 0 Å². The monoisotopic (exact) mass is 226 g/mol. The van der Waals surface area contributed by atoms with E-state index in [1.807, 2.05) is 7.11 Å². The number of nitrogens with zero attached hydrogens (tertiary/aromatic N) is 1. The van der Waals surface area contributed by atoms with Crippen LogP contribution in [-0.4, -0.2) is 42.8 Å². The smallest absolute Gasteiger partial charge is 0.0572 e. The molecule has 0 aromatic heterocycles. The highest BCUT2D eigenvalue weighted by Gasteiger charge is 2.37. The molecule has 0 aromatic carbocycles. The standard InChI is InChI=1S/C13H26N2O/c1-13(7-3-12(16-2)4-8-13)15-9-5-11(14)6-10-15/h11-12H,3-10,14H2,1-2H3/t12-,13-. The summed E-state index contributed by atoms with van der Waals surface area (Å²) in [6.45, 7) is 4.81.